The van der Waals surface area contributed by atoms with Crippen LogP contribution in [0.3, 0.4) is 0 Å². The van der Waals surface area contributed by atoms with Gasteiger partial charge in [-0.25, -0.2) is 4.98 Å². The Morgan fingerprint density at radius 1 is 1.38 bits per heavy atom. The zero-order valence-corrected chi connectivity index (χ0v) is 14.6. The number of hydrogen-bond acceptors (Lipinski definition) is 4. The van der Waals surface area contributed by atoms with Gasteiger partial charge in [0, 0.05) is 31.4 Å². The summed E-state index contributed by atoms with van der Waals surface area (Å²) in [6.07, 6.45) is 6.45. The van der Waals surface area contributed by atoms with Crippen LogP contribution < -0.4 is 10.2 Å². The Hall–Kier alpha value is -0.940. The molecule has 120 valence electrons. The topological polar surface area (TPSA) is 45.2 Å². The van der Waals surface area contributed by atoms with Crippen molar-refractivity contribution < 1.29 is 4.79 Å². The van der Waals surface area contributed by atoms with Crippen molar-refractivity contribution in [1.29, 1.82) is 0 Å². The van der Waals surface area contributed by atoms with E-state index in [-0.39, 0.29) is 5.91 Å². The number of unbranched alkanes of at least 4 members (excludes halogenated alkanes) is 3. The van der Waals surface area contributed by atoms with Crippen LogP contribution in [0.2, 0.25) is 0 Å². The van der Waals surface area contributed by atoms with Crippen LogP contribution in [-0.4, -0.2) is 23.5 Å². The van der Waals surface area contributed by atoms with Crippen LogP contribution in [0, 0.1) is 0 Å². The van der Waals surface area contributed by atoms with Gasteiger partial charge in [0.2, 0.25) is 5.91 Å². The maximum absolute atomic E-state index is 11.5. The highest BCUT2D eigenvalue weighted by Gasteiger charge is 2.13. The highest BCUT2D eigenvalue weighted by molar-refractivity contribution is 7.14. The van der Waals surface area contributed by atoms with Crippen LogP contribution in [0.5, 0.6) is 0 Å². The average Bonchev–Trinajstić information content (AvgIpc) is 2.90. The average molecular weight is 311 g/mol. The Balaban J connectivity index is 2.35. The summed E-state index contributed by atoms with van der Waals surface area (Å²) in [6.45, 7) is 9.47. The van der Waals surface area contributed by atoms with E-state index < -0.39 is 0 Å². The van der Waals surface area contributed by atoms with Gasteiger partial charge in [0.1, 0.15) is 0 Å². The first-order chi connectivity index (χ1) is 10.1. The van der Waals surface area contributed by atoms with Gasteiger partial charge in [0.05, 0.1) is 5.69 Å². The summed E-state index contributed by atoms with van der Waals surface area (Å²) in [6, 6.07) is 0.516. The number of amides is 1. The lowest BCUT2D eigenvalue weighted by atomic mass is 10.1. The van der Waals surface area contributed by atoms with Crippen LogP contribution in [0.4, 0.5) is 5.13 Å². The maximum Gasteiger partial charge on any atom is 0.225 e. The molecule has 0 aliphatic rings. The van der Waals surface area contributed by atoms with Crippen LogP contribution in [-0.2, 0) is 11.3 Å². The van der Waals surface area contributed by atoms with E-state index in [1.165, 1.54) is 32.1 Å². The molecule has 1 aromatic rings. The van der Waals surface area contributed by atoms with Crippen LogP contribution >= 0.6 is 11.3 Å². The van der Waals surface area contributed by atoms with Gasteiger partial charge in [0.25, 0.3) is 0 Å². The molecule has 0 bridgehead atoms. The molecule has 21 heavy (non-hydrogen) atoms. The fraction of sp³-hybridized carbons (Fsp3) is 0.750. The van der Waals surface area contributed by atoms with Crippen LogP contribution in [0.1, 0.15) is 65.5 Å². The normalized spacial score (nSPS) is 12.4. The number of rotatable bonds is 10. The first-order valence-corrected chi connectivity index (χ1v) is 8.92. The van der Waals surface area contributed by atoms with E-state index in [0.29, 0.717) is 12.6 Å². The predicted molar refractivity (Wildman–Crippen MR) is 90.9 cm³/mol. The molecule has 0 aliphatic carbocycles. The molecule has 0 saturated carbocycles. The third kappa shape index (κ3) is 6.57. The lowest BCUT2D eigenvalue weighted by Crippen LogP contribution is -2.28. The second-order valence-corrected chi connectivity index (χ2v) is 6.35. The molecular weight excluding hydrogens is 282 g/mol. The van der Waals surface area contributed by atoms with Gasteiger partial charge in [-0.2, -0.15) is 0 Å². The minimum absolute atomic E-state index is 0.0515. The number of nitrogens with zero attached hydrogens (tertiary/aromatic N) is 2. The van der Waals surface area contributed by atoms with Crippen molar-refractivity contribution in [3.05, 3.63) is 11.1 Å². The molecular formula is C16H29N3OS. The molecule has 1 heterocycles. The number of anilines is 1. The maximum atomic E-state index is 11.5. The van der Waals surface area contributed by atoms with Crippen molar-refractivity contribution in [3.8, 4) is 0 Å². The van der Waals surface area contributed by atoms with Crippen molar-refractivity contribution >= 4 is 22.4 Å². The summed E-state index contributed by atoms with van der Waals surface area (Å²) in [5.74, 6) is 0.0515. The second-order valence-electron chi connectivity index (χ2n) is 5.52. The van der Waals surface area contributed by atoms with Gasteiger partial charge >= 0.3 is 0 Å². The number of carbonyl (C=O) groups excluding carboxylic acids is 1. The van der Waals surface area contributed by atoms with E-state index in [4.69, 9.17) is 0 Å². The van der Waals surface area contributed by atoms with Gasteiger partial charge in [-0.05, 0) is 20.3 Å². The fourth-order valence-corrected chi connectivity index (χ4v) is 3.18. The number of carbonyl (C=O) groups is 1. The number of hydrogen-bond donors (Lipinski definition) is 1. The summed E-state index contributed by atoms with van der Waals surface area (Å²) < 4.78 is 0. The summed E-state index contributed by atoms with van der Waals surface area (Å²) >= 11 is 1.54. The van der Waals surface area contributed by atoms with E-state index in [1.54, 1.807) is 23.2 Å². The summed E-state index contributed by atoms with van der Waals surface area (Å²) in [5, 5.41) is 6.36. The first-order valence-electron chi connectivity index (χ1n) is 8.04. The Morgan fingerprint density at radius 3 is 2.76 bits per heavy atom. The van der Waals surface area contributed by atoms with Gasteiger partial charge in [-0.3, -0.25) is 9.69 Å². The zero-order valence-electron chi connectivity index (χ0n) is 13.8. The Kier molecular flexibility index (Phi) is 8.54. The van der Waals surface area contributed by atoms with Crippen molar-refractivity contribution in [2.24, 2.45) is 0 Å². The predicted octanol–water partition coefficient (Wildman–Crippen LogP) is 3.96. The molecule has 5 heteroatoms. The van der Waals surface area contributed by atoms with Gasteiger partial charge in [-0.15, -0.1) is 11.3 Å². The van der Waals surface area contributed by atoms with Crippen LogP contribution in [0.15, 0.2) is 5.38 Å². The number of aromatic nitrogens is 1. The summed E-state index contributed by atoms with van der Waals surface area (Å²) in [4.78, 5) is 17.8. The van der Waals surface area contributed by atoms with Crippen molar-refractivity contribution in [3.63, 3.8) is 0 Å². The van der Waals surface area contributed by atoms with E-state index in [9.17, 15) is 4.79 Å². The quantitative estimate of drug-likeness (QED) is 0.665. The third-order valence-corrected chi connectivity index (χ3v) is 4.50. The largest absolute Gasteiger partial charge is 0.309 e. The molecule has 1 N–H and O–H groups in total. The standard InChI is InChI=1S/C16H29N3OS/c1-5-7-8-9-10-13(3)17-11-15-12-21-16(18-15)19(6-2)14(4)20/h12-13,17H,5-11H2,1-4H3. The molecule has 1 atom stereocenters. The van der Waals surface area contributed by atoms with Crippen LogP contribution in [0.25, 0.3) is 0 Å². The van der Waals surface area contributed by atoms with E-state index in [0.717, 1.165) is 17.4 Å². The Labute approximate surface area is 133 Å². The monoisotopic (exact) mass is 311 g/mol. The fourth-order valence-electron chi connectivity index (χ4n) is 2.25. The number of thiazole rings is 1. The molecule has 0 fully saturated rings. The lowest BCUT2D eigenvalue weighted by molar-refractivity contribution is -0.116. The number of nitrogens with one attached hydrogen (secondary N) is 1. The Morgan fingerprint density at radius 2 is 2.14 bits per heavy atom. The summed E-state index contributed by atoms with van der Waals surface area (Å²) in [5.41, 5.74) is 1.02. The van der Waals surface area contributed by atoms with Gasteiger partial charge < -0.3 is 5.32 Å². The molecule has 0 radical (unpaired) electrons. The third-order valence-electron chi connectivity index (χ3n) is 3.59. The minimum atomic E-state index is 0.0515. The van der Waals surface area contributed by atoms with Gasteiger partial charge in [-0.1, -0.05) is 32.6 Å². The van der Waals surface area contributed by atoms with Crippen molar-refractivity contribution in [1.82, 2.24) is 10.3 Å². The second kappa shape index (κ2) is 9.90. The molecule has 0 aromatic carbocycles. The SMILES string of the molecule is CCCCCCC(C)NCc1csc(N(CC)C(C)=O)n1. The lowest BCUT2D eigenvalue weighted by Gasteiger charge is -2.15. The highest BCUT2D eigenvalue weighted by Crippen LogP contribution is 2.20. The molecule has 1 rings (SSSR count). The van der Waals surface area contributed by atoms with Gasteiger partial charge in [0.15, 0.2) is 5.13 Å². The molecule has 1 unspecified atom stereocenters. The minimum Gasteiger partial charge on any atom is -0.309 e. The molecule has 0 aliphatic heterocycles. The van der Waals surface area contributed by atoms with Crippen molar-refractivity contribution in [2.75, 3.05) is 11.4 Å². The van der Waals surface area contributed by atoms with E-state index >= 15 is 0 Å². The van der Waals surface area contributed by atoms with Crippen molar-refractivity contribution in [2.45, 2.75) is 72.4 Å². The molecule has 4 nitrogen and oxygen atoms in total. The molecule has 1 amide bonds. The van der Waals surface area contributed by atoms with E-state index in [2.05, 4.69) is 24.1 Å². The van der Waals surface area contributed by atoms with E-state index in [1.807, 2.05) is 12.3 Å². The first kappa shape index (κ1) is 18.1. The molecule has 0 saturated heterocycles. The summed E-state index contributed by atoms with van der Waals surface area (Å²) in [7, 11) is 0. The highest BCUT2D eigenvalue weighted by atomic mass is 32.1. The Bertz CT molecular complexity index is 419. The molecule has 0 spiro atoms. The smallest absolute Gasteiger partial charge is 0.225 e. The zero-order chi connectivity index (χ0) is 15.7. The molecule has 1 aromatic heterocycles.